The fourth-order valence-corrected chi connectivity index (χ4v) is 2.15. The first-order valence-electron chi connectivity index (χ1n) is 6.74. The van der Waals surface area contributed by atoms with Crippen LogP contribution in [0.2, 0.25) is 0 Å². The van der Waals surface area contributed by atoms with Crippen molar-refractivity contribution in [3.05, 3.63) is 35.4 Å². The molecule has 98 valence electrons. The maximum absolute atomic E-state index is 12.4. The van der Waals surface area contributed by atoms with Gasteiger partial charge in [-0.15, -0.1) is 0 Å². The van der Waals surface area contributed by atoms with Gasteiger partial charge >= 0.3 is 0 Å². The summed E-state index contributed by atoms with van der Waals surface area (Å²) in [6.07, 6.45) is 2.24. The van der Waals surface area contributed by atoms with Crippen LogP contribution in [0, 0.1) is 0 Å². The van der Waals surface area contributed by atoms with E-state index in [0.717, 1.165) is 18.4 Å². The van der Waals surface area contributed by atoms with Crippen molar-refractivity contribution in [2.75, 3.05) is 13.1 Å². The lowest BCUT2D eigenvalue weighted by Gasteiger charge is -2.21. The Balaban J connectivity index is 2.11. The van der Waals surface area contributed by atoms with Gasteiger partial charge in [0.1, 0.15) is 0 Å². The van der Waals surface area contributed by atoms with Crippen LogP contribution >= 0.6 is 0 Å². The van der Waals surface area contributed by atoms with Crippen LogP contribution < -0.4 is 5.73 Å². The molecular weight excluding hydrogens is 224 g/mol. The van der Waals surface area contributed by atoms with Gasteiger partial charge in [-0.2, -0.15) is 0 Å². The Morgan fingerprint density at radius 3 is 2.39 bits per heavy atom. The maximum Gasteiger partial charge on any atom is 0.254 e. The van der Waals surface area contributed by atoms with Crippen molar-refractivity contribution >= 4 is 5.91 Å². The number of benzene rings is 1. The van der Waals surface area contributed by atoms with Crippen molar-refractivity contribution in [3.8, 4) is 0 Å². The maximum atomic E-state index is 12.4. The lowest BCUT2D eigenvalue weighted by molar-refractivity contribution is 0.0748. The summed E-state index contributed by atoms with van der Waals surface area (Å²) in [4.78, 5) is 14.3. The number of hydrogen-bond donors (Lipinski definition) is 1. The zero-order valence-electron chi connectivity index (χ0n) is 11.2. The predicted molar refractivity (Wildman–Crippen MR) is 73.6 cm³/mol. The second-order valence-electron chi connectivity index (χ2n) is 5.30. The minimum absolute atomic E-state index is 0.123. The number of hydrogen-bond acceptors (Lipinski definition) is 2. The first-order chi connectivity index (χ1) is 8.63. The molecule has 1 saturated carbocycles. The molecule has 0 atom stereocenters. The van der Waals surface area contributed by atoms with Crippen LogP contribution in [0.25, 0.3) is 0 Å². The topological polar surface area (TPSA) is 46.3 Å². The third-order valence-electron chi connectivity index (χ3n) is 3.44. The van der Waals surface area contributed by atoms with E-state index in [1.54, 1.807) is 0 Å². The molecule has 0 aliphatic heterocycles. The number of nitrogens with two attached hydrogens (primary N) is 1. The molecule has 1 amide bonds. The Hall–Kier alpha value is -1.35. The van der Waals surface area contributed by atoms with E-state index >= 15 is 0 Å². The average molecular weight is 246 g/mol. The molecule has 0 heterocycles. The zero-order chi connectivity index (χ0) is 13.1. The van der Waals surface area contributed by atoms with Crippen LogP contribution in [0.1, 0.15) is 48.5 Å². The Morgan fingerprint density at radius 1 is 1.33 bits per heavy atom. The highest BCUT2D eigenvalue weighted by atomic mass is 16.2. The van der Waals surface area contributed by atoms with Crippen molar-refractivity contribution in [1.29, 1.82) is 0 Å². The van der Waals surface area contributed by atoms with E-state index in [2.05, 4.69) is 13.8 Å². The van der Waals surface area contributed by atoms with Gasteiger partial charge in [-0.1, -0.05) is 26.0 Å². The van der Waals surface area contributed by atoms with E-state index < -0.39 is 0 Å². The van der Waals surface area contributed by atoms with Gasteiger partial charge in [-0.05, 0) is 36.5 Å². The van der Waals surface area contributed by atoms with Gasteiger partial charge in [0, 0.05) is 24.7 Å². The third-order valence-corrected chi connectivity index (χ3v) is 3.44. The fourth-order valence-electron chi connectivity index (χ4n) is 2.15. The number of rotatable bonds is 5. The molecule has 0 saturated heterocycles. The molecule has 3 heteroatoms. The van der Waals surface area contributed by atoms with Crippen molar-refractivity contribution < 1.29 is 4.79 Å². The van der Waals surface area contributed by atoms with Gasteiger partial charge < -0.3 is 10.6 Å². The highest BCUT2D eigenvalue weighted by molar-refractivity contribution is 5.94. The molecule has 1 aromatic carbocycles. The molecule has 0 aromatic heterocycles. The van der Waals surface area contributed by atoms with Gasteiger partial charge in [0.05, 0.1) is 0 Å². The average Bonchev–Trinajstić information content (AvgIpc) is 3.19. The molecule has 2 N–H and O–H groups in total. The summed E-state index contributed by atoms with van der Waals surface area (Å²) >= 11 is 0. The SMILES string of the molecule is CC(C)c1ccc(C(=O)N(CCN)C2CC2)cc1. The largest absolute Gasteiger partial charge is 0.334 e. The minimum Gasteiger partial charge on any atom is -0.334 e. The van der Waals surface area contributed by atoms with E-state index in [0.29, 0.717) is 25.0 Å². The van der Waals surface area contributed by atoms with Gasteiger partial charge in [-0.25, -0.2) is 0 Å². The number of carbonyl (C=O) groups excluding carboxylic acids is 1. The summed E-state index contributed by atoms with van der Waals surface area (Å²) in [7, 11) is 0. The smallest absolute Gasteiger partial charge is 0.254 e. The van der Waals surface area contributed by atoms with Gasteiger partial charge in [0.25, 0.3) is 5.91 Å². The van der Waals surface area contributed by atoms with E-state index in [4.69, 9.17) is 5.73 Å². The predicted octanol–water partition coefficient (Wildman–Crippen LogP) is 2.37. The Bertz CT molecular complexity index is 407. The molecule has 2 rings (SSSR count). The Kier molecular flexibility index (Phi) is 4.02. The summed E-state index contributed by atoms with van der Waals surface area (Å²) < 4.78 is 0. The summed E-state index contributed by atoms with van der Waals surface area (Å²) in [5.74, 6) is 0.621. The summed E-state index contributed by atoms with van der Waals surface area (Å²) in [5.41, 5.74) is 7.63. The van der Waals surface area contributed by atoms with Crippen molar-refractivity contribution in [2.24, 2.45) is 5.73 Å². The first-order valence-corrected chi connectivity index (χ1v) is 6.74. The van der Waals surface area contributed by atoms with Crippen molar-refractivity contribution in [1.82, 2.24) is 4.90 Å². The van der Waals surface area contributed by atoms with Crippen LogP contribution in [0.15, 0.2) is 24.3 Å². The molecular formula is C15H22N2O. The van der Waals surface area contributed by atoms with Gasteiger partial charge in [0.2, 0.25) is 0 Å². The van der Waals surface area contributed by atoms with E-state index in [9.17, 15) is 4.79 Å². The van der Waals surface area contributed by atoms with E-state index in [1.807, 2.05) is 29.2 Å². The molecule has 3 nitrogen and oxygen atoms in total. The van der Waals surface area contributed by atoms with Crippen LogP contribution in [0.4, 0.5) is 0 Å². The second kappa shape index (κ2) is 5.53. The van der Waals surface area contributed by atoms with Crippen molar-refractivity contribution in [2.45, 2.75) is 38.6 Å². The van der Waals surface area contributed by atoms with E-state index in [-0.39, 0.29) is 5.91 Å². The third kappa shape index (κ3) is 2.91. The molecule has 0 spiro atoms. The number of nitrogens with zero attached hydrogens (tertiary/aromatic N) is 1. The monoisotopic (exact) mass is 246 g/mol. The lowest BCUT2D eigenvalue weighted by atomic mass is 10.0. The lowest BCUT2D eigenvalue weighted by Crippen LogP contribution is -2.37. The van der Waals surface area contributed by atoms with Crippen molar-refractivity contribution in [3.63, 3.8) is 0 Å². The van der Waals surface area contributed by atoms with E-state index in [1.165, 1.54) is 5.56 Å². The van der Waals surface area contributed by atoms with Crippen LogP contribution in [0.3, 0.4) is 0 Å². The highest BCUT2D eigenvalue weighted by Crippen LogP contribution is 2.28. The summed E-state index contributed by atoms with van der Waals surface area (Å²) in [6, 6.07) is 8.38. The summed E-state index contributed by atoms with van der Waals surface area (Å²) in [6.45, 7) is 5.51. The minimum atomic E-state index is 0.123. The zero-order valence-corrected chi connectivity index (χ0v) is 11.2. The molecule has 18 heavy (non-hydrogen) atoms. The molecule has 1 aromatic rings. The number of amides is 1. The molecule has 1 fully saturated rings. The van der Waals surface area contributed by atoms with Crippen LogP contribution in [0.5, 0.6) is 0 Å². The Morgan fingerprint density at radius 2 is 1.94 bits per heavy atom. The Labute approximate surface area is 109 Å². The second-order valence-corrected chi connectivity index (χ2v) is 5.30. The first kappa shape index (κ1) is 13.1. The fraction of sp³-hybridized carbons (Fsp3) is 0.533. The van der Waals surface area contributed by atoms with Gasteiger partial charge in [0.15, 0.2) is 0 Å². The molecule has 0 bridgehead atoms. The standard InChI is InChI=1S/C15H22N2O/c1-11(2)12-3-5-13(6-4-12)15(18)17(10-9-16)14-7-8-14/h3-6,11,14H,7-10,16H2,1-2H3. The molecule has 1 aliphatic carbocycles. The quantitative estimate of drug-likeness (QED) is 0.867. The number of carbonyl (C=O) groups is 1. The normalized spacial score (nSPS) is 14.9. The molecule has 0 radical (unpaired) electrons. The summed E-state index contributed by atoms with van der Waals surface area (Å²) in [5, 5.41) is 0. The van der Waals surface area contributed by atoms with Gasteiger partial charge in [-0.3, -0.25) is 4.79 Å². The molecule has 1 aliphatic rings. The molecule has 0 unspecified atom stereocenters. The highest BCUT2D eigenvalue weighted by Gasteiger charge is 2.32. The van der Waals surface area contributed by atoms with Crippen LogP contribution in [-0.2, 0) is 0 Å². The van der Waals surface area contributed by atoms with Crippen LogP contribution in [-0.4, -0.2) is 29.9 Å².